The van der Waals surface area contributed by atoms with Crippen LogP contribution in [0.5, 0.6) is 5.75 Å². The lowest BCUT2D eigenvalue weighted by Gasteiger charge is -2.28. The Morgan fingerprint density at radius 1 is 1.03 bits per heavy atom. The number of anilines is 2. The molecule has 172 valence electrons. The van der Waals surface area contributed by atoms with Gasteiger partial charge in [-0.2, -0.15) is 0 Å². The smallest absolute Gasteiger partial charge is 0.300 e. The van der Waals surface area contributed by atoms with Crippen LogP contribution in [-0.2, 0) is 9.59 Å². The van der Waals surface area contributed by atoms with Gasteiger partial charge in [0.15, 0.2) is 0 Å². The SMILES string of the molecule is Cc1ccc(C)c(N2C(=O)C(=O)/C(=C(\O)c3ccc4c(c3)N(C)CCO4)C2c2ccncc2)c1. The van der Waals surface area contributed by atoms with E-state index in [-0.39, 0.29) is 11.3 Å². The van der Waals surface area contributed by atoms with Gasteiger partial charge in [-0.3, -0.25) is 19.5 Å². The number of hydrogen-bond donors (Lipinski definition) is 1. The minimum atomic E-state index is -0.784. The van der Waals surface area contributed by atoms with Crippen LogP contribution in [0.2, 0.25) is 0 Å². The van der Waals surface area contributed by atoms with Crippen molar-refractivity contribution in [1.82, 2.24) is 4.98 Å². The monoisotopic (exact) mass is 455 g/mol. The Hall–Kier alpha value is -4.13. The summed E-state index contributed by atoms with van der Waals surface area (Å²) in [6.07, 6.45) is 3.23. The highest BCUT2D eigenvalue weighted by atomic mass is 16.5. The number of benzene rings is 2. The van der Waals surface area contributed by atoms with Gasteiger partial charge in [0.1, 0.15) is 18.1 Å². The number of carbonyl (C=O) groups excluding carboxylic acids is 2. The van der Waals surface area contributed by atoms with E-state index in [2.05, 4.69) is 4.98 Å². The fourth-order valence-corrected chi connectivity index (χ4v) is 4.57. The van der Waals surface area contributed by atoms with E-state index >= 15 is 0 Å². The van der Waals surface area contributed by atoms with Crippen molar-refractivity contribution in [2.45, 2.75) is 19.9 Å². The molecule has 1 unspecified atom stereocenters. The number of carbonyl (C=O) groups is 2. The molecule has 2 aromatic carbocycles. The van der Waals surface area contributed by atoms with Gasteiger partial charge in [-0.1, -0.05) is 12.1 Å². The second-order valence-corrected chi connectivity index (χ2v) is 8.69. The number of ketones is 1. The predicted molar refractivity (Wildman–Crippen MR) is 130 cm³/mol. The summed E-state index contributed by atoms with van der Waals surface area (Å²) in [6, 6.07) is 13.8. The Kier molecular flexibility index (Phi) is 5.32. The van der Waals surface area contributed by atoms with Gasteiger partial charge in [0, 0.05) is 30.7 Å². The number of nitrogens with zero attached hydrogens (tertiary/aromatic N) is 3. The highest BCUT2D eigenvalue weighted by molar-refractivity contribution is 6.51. The van der Waals surface area contributed by atoms with Crippen LogP contribution in [0.1, 0.15) is 28.3 Å². The molecule has 1 saturated heterocycles. The molecule has 0 saturated carbocycles. The van der Waals surface area contributed by atoms with Crippen LogP contribution in [0.3, 0.4) is 0 Å². The molecule has 2 aliphatic heterocycles. The number of ether oxygens (including phenoxy) is 1. The molecule has 0 bridgehead atoms. The second kappa shape index (κ2) is 8.33. The summed E-state index contributed by atoms with van der Waals surface area (Å²) >= 11 is 0. The van der Waals surface area contributed by atoms with Crippen molar-refractivity contribution in [1.29, 1.82) is 0 Å². The topological polar surface area (TPSA) is 83.0 Å². The van der Waals surface area contributed by atoms with Crippen molar-refractivity contribution in [2.24, 2.45) is 0 Å². The molecule has 1 fully saturated rings. The van der Waals surface area contributed by atoms with E-state index in [9.17, 15) is 14.7 Å². The maximum atomic E-state index is 13.4. The summed E-state index contributed by atoms with van der Waals surface area (Å²) in [7, 11) is 1.95. The van der Waals surface area contributed by atoms with E-state index < -0.39 is 17.7 Å². The number of fused-ring (bicyclic) bond motifs is 1. The van der Waals surface area contributed by atoms with E-state index in [1.54, 1.807) is 42.7 Å². The van der Waals surface area contributed by atoms with Crippen LogP contribution in [0.4, 0.5) is 11.4 Å². The summed E-state index contributed by atoms with van der Waals surface area (Å²) < 4.78 is 5.71. The fraction of sp³-hybridized carbons (Fsp3) is 0.222. The summed E-state index contributed by atoms with van der Waals surface area (Å²) in [6.45, 7) is 5.13. The molecular formula is C27H25N3O4. The number of aliphatic hydroxyl groups excluding tert-OH is 1. The summed E-state index contributed by atoms with van der Waals surface area (Å²) in [5.41, 5.74) is 4.48. The molecule has 34 heavy (non-hydrogen) atoms. The Bertz CT molecular complexity index is 1330. The van der Waals surface area contributed by atoms with Gasteiger partial charge in [0.05, 0.1) is 23.8 Å². The number of hydrogen-bond acceptors (Lipinski definition) is 6. The highest BCUT2D eigenvalue weighted by Gasteiger charge is 2.47. The van der Waals surface area contributed by atoms with Crippen LogP contribution < -0.4 is 14.5 Å². The van der Waals surface area contributed by atoms with Gasteiger partial charge >= 0.3 is 0 Å². The lowest BCUT2D eigenvalue weighted by atomic mass is 9.95. The van der Waals surface area contributed by atoms with Crippen LogP contribution >= 0.6 is 0 Å². The van der Waals surface area contributed by atoms with E-state index in [0.29, 0.717) is 35.7 Å². The van der Waals surface area contributed by atoms with Crippen LogP contribution in [-0.4, -0.2) is 42.0 Å². The first kappa shape index (κ1) is 21.7. The molecule has 1 amide bonds. The van der Waals surface area contributed by atoms with Crippen molar-refractivity contribution in [3.05, 3.63) is 88.8 Å². The zero-order chi connectivity index (χ0) is 24.0. The van der Waals surface area contributed by atoms with E-state index in [0.717, 1.165) is 16.8 Å². The third kappa shape index (κ3) is 3.50. The largest absolute Gasteiger partial charge is 0.507 e. The molecule has 1 N–H and O–H groups in total. The number of pyridine rings is 1. The number of aryl methyl sites for hydroxylation is 2. The molecule has 0 radical (unpaired) electrons. The predicted octanol–water partition coefficient (Wildman–Crippen LogP) is 4.15. The van der Waals surface area contributed by atoms with Crippen molar-refractivity contribution >= 4 is 28.8 Å². The maximum Gasteiger partial charge on any atom is 0.300 e. The Labute approximate surface area is 197 Å². The Balaban J connectivity index is 1.72. The lowest BCUT2D eigenvalue weighted by Crippen LogP contribution is -2.30. The molecule has 0 spiro atoms. The van der Waals surface area contributed by atoms with Crippen molar-refractivity contribution in [3.63, 3.8) is 0 Å². The van der Waals surface area contributed by atoms with E-state index in [1.807, 2.05) is 44.0 Å². The number of likely N-dealkylation sites (N-methyl/N-ethyl adjacent to an activating group) is 1. The van der Waals surface area contributed by atoms with E-state index in [1.165, 1.54) is 4.90 Å². The molecule has 7 nitrogen and oxygen atoms in total. The normalized spacial score (nSPS) is 19.2. The number of aliphatic hydroxyl groups is 1. The zero-order valence-corrected chi connectivity index (χ0v) is 19.3. The number of amides is 1. The molecule has 3 heterocycles. The minimum absolute atomic E-state index is 0.0523. The first-order chi connectivity index (χ1) is 16.4. The van der Waals surface area contributed by atoms with E-state index in [4.69, 9.17) is 4.74 Å². The lowest BCUT2D eigenvalue weighted by molar-refractivity contribution is -0.132. The van der Waals surface area contributed by atoms with Crippen molar-refractivity contribution in [2.75, 3.05) is 30.0 Å². The number of rotatable bonds is 3. The minimum Gasteiger partial charge on any atom is -0.507 e. The van der Waals surface area contributed by atoms with Crippen LogP contribution in [0.15, 0.2) is 66.5 Å². The zero-order valence-electron chi connectivity index (χ0n) is 19.3. The average molecular weight is 456 g/mol. The van der Waals surface area contributed by atoms with Gasteiger partial charge < -0.3 is 14.7 Å². The fourth-order valence-electron chi connectivity index (χ4n) is 4.57. The van der Waals surface area contributed by atoms with Gasteiger partial charge in [0.2, 0.25) is 0 Å². The molecule has 1 atom stereocenters. The summed E-state index contributed by atoms with van der Waals surface area (Å²) in [5.74, 6) is -0.889. The Morgan fingerprint density at radius 2 is 1.79 bits per heavy atom. The third-order valence-corrected chi connectivity index (χ3v) is 6.42. The average Bonchev–Trinajstić information content (AvgIpc) is 3.11. The maximum absolute atomic E-state index is 13.4. The summed E-state index contributed by atoms with van der Waals surface area (Å²) in [5, 5.41) is 11.4. The summed E-state index contributed by atoms with van der Waals surface area (Å²) in [4.78, 5) is 34.3. The Morgan fingerprint density at radius 3 is 2.56 bits per heavy atom. The van der Waals surface area contributed by atoms with Gasteiger partial charge in [-0.25, -0.2) is 0 Å². The molecule has 0 aliphatic carbocycles. The van der Waals surface area contributed by atoms with Crippen molar-refractivity contribution in [3.8, 4) is 5.75 Å². The van der Waals surface area contributed by atoms with Gasteiger partial charge in [0.25, 0.3) is 11.7 Å². The molecular weight excluding hydrogens is 430 g/mol. The van der Waals surface area contributed by atoms with Gasteiger partial charge in [-0.05, 0) is 66.9 Å². The molecule has 7 heteroatoms. The molecule has 5 rings (SSSR count). The van der Waals surface area contributed by atoms with Gasteiger partial charge in [-0.15, -0.1) is 0 Å². The molecule has 1 aromatic heterocycles. The molecule has 3 aromatic rings. The quantitative estimate of drug-likeness (QED) is 0.363. The second-order valence-electron chi connectivity index (χ2n) is 8.69. The molecule has 2 aliphatic rings. The first-order valence-electron chi connectivity index (χ1n) is 11.1. The van der Waals surface area contributed by atoms with Crippen molar-refractivity contribution < 1.29 is 19.4 Å². The number of Topliss-reactive ketones (excluding diaryl/α,β-unsaturated/α-hetero) is 1. The van der Waals surface area contributed by atoms with Crippen LogP contribution in [0.25, 0.3) is 5.76 Å². The van der Waals surface area contributed by atoms with Crippen LogP contribution in [0, 0.1) is 13.8 Å². The standard InChI is InChI=1S/C27H25N3O4/c1-16-4-5-17(2)20(14-16)30-24(18-8-10-28-11-9-18)23(26(32)27(30)33)25(31)19-6-7-22-21(15-19)29(3)12-13-34-22/h4-11,14-15,24,31H,12-13H2,1-3H3/b25-23-. The highest BCUT2D eigenvalue weighted by Crippen LogP contribution is 2.44. The third-order valence-electron chi connectivity index (χ3n) is 6.42. The number of aromatic nitrogens is 1. The first-order valence-corrected chi connectivity index (χ1v) is 11.1.